The van der Waals surface area contributed by atoms with Crippen LogP contribution in [0.25, 0.3) is 0 Å². The summed E-state index contributed by atoms with van der Waals surface area (Å²) in [6, 6.07) is 8.47. The van der Waals surface area contributed by atoms with Crippen LogP contribution in [0.15, 0.2) is 30.3 Å². The van der Waals surface area contributed by atoms with E-state index in [1.165, 1.54) is 0 Å². The SMILES string of the molecule is CCOC(=O)[C@@H](Cc1ccccc1)NC(=O)[C@H]1CCS(=O)(=O)C1. The van der Waals surface area contributed by atoms with Crippen molar-refractivity contribution >= 4 is 21.7 Å². The molecule has 0 bridgehead atoms. The fourth-order valence-electron chi connectivity index (χ4n) is 2.58. The van der Waals surface area contributed by atoms with Crippen molar-refractivity contribution in [2.24, 2.45) is 5.92 Å². The Labute approximate surface area is 136 Å². The van der Waals surface area contributed by atoms with Crippen LogP contribution in [-0.2, 0) is 30.6 Å². The molecule has 1 aliphatic heterocycles. The van der Waals surface area contributed by atoms with Crippen molar-refractivity contribution in [2.45, 2.75) is 25.8 Å². The highest BCUT2D eigenvalue weighted by atomic mass is 32.2. The number of amides is 1. The van der Waals surface area contributed by atoms with Crippen LogP contribution in [0, 0.1) is 5.92 Å². The standard InChI is InChI=1S/C16H21NO5S/c1-2-22-16(19)14(10-12-6-4-3-5-7-12)17-15(18)13-8-9-23(20,21)11-13/h3-7,13-14H,2,8-11H2,1H3,(H,17,18)/t13-,14+/m0/s1. The summed E-state index contributed by atoms with van der Waals surface area (Å²) in [5.41, 5.74) is 0.893. The second kappa shape index (κ2) is 7.59. The van der Waals surface area contributed by atoms with Crippen LogP contribution in [0.4, 0.5) is 0 Å². The Hall–Kier alpha value is -1.89. The van der Waals surface area contributed by atoms with E-state index >= 15 is 0 Å². The minimum absolute atomic E-state index is 0.0217. The van der Waals surface area contributed by atoms with E-state index in [1.807, 2.05) is 30.3 Å². The number of hydrogen-bond acceptors (Lipinski definition) is 5. The van der Waals surface area contributed by atoms with Gasteiger partial charge in [0.15, 0.2) is 9.84 Å². The van der Waals surface area contributed by atoms with Crippen LogP contribution in [0.1, 0.15) is 18.9 Å². The highest BCUT2D eigenvalue weighted by Gasteiger charge is 2.35. The molecule has 126 valence electrons. The molecule has 1 N–H and O–H groups in total. The largest absolute Gasteiger partial charge is 0.464 e. The van der Waals surface area contributed by atoms with E-state index in [0.29, 0.717) is 12.8 Å². The molecule has 0 radical (unpaired) electrons. The molecule has 23 heavy (non-hydrogen) atoms. The molecule has 2 rings (SSSR count). The van der Waals surface area contributed by atoms with Gasteiger partial charge in [0.25, 0.3) is 0 Å². The van der Waals surface area contributed by atoms with Gasteiger partial charge in [0.1, 0.15) is 6.04 Å². The van der Waals surface area contributed by atoms with Gasteiger partial charge in [-0.15, -0.1) is 0 Å². The fraction of sp³-hybridized carbons (Fsp3) is 0.500. The Bertz CT molecular complexity index is 656. The minimum Gasteiger partial charge on any atom is -0.464 e. The van der Waals surface area contributed by atoms with E-state index in [1.54, 1.807) is 6.92 Å². The summed E-state index contributed by atoms with van der Waals surface area (Å²) >= 11 is 0. The first-order chi connectivity index (χ1) is 10.9. The zero-order valence-electron chi connectivity index (χ0n) is 13.0. The van der Waals surface area contributed by atoms with Crippen molar-refractivity contribution in [1.82, 2.24) is 5.32 Å². The number of sulfone groups is 1. The second-order valence-corrected chi connectivity index (χ2v) is 7.83. The van der Waals surface area contributed by atoms with Gasteiger partial charge >= 0.3 is 5.97 Å². The molecule has 1 heterocycles. The third-order valence-electron chi connectivity index (χ3n) is 3.77. The first-order valence-corrected chi connectivity index (χ1v) is 9.45. The molecule has 1 amide bonds. The number of nitrogens with one attached hydrogen (secondary N) is 1. The van der Waals surface area contributed by atoms with E-state index in [2.05, 4.69) is 5.32 Å². The van der Waals surface area contributed by atoms with Crippen molar-refractivity contribution in [3.8, 4) is 0 Å². The maximum atomic E-state index is 12.3. The maximum absolute atomic E-state index is 12.3. The molecule has 0 saturated carbocycles. The normalized spacial score (nSPS) is 20.7. The summed E-state index contributed by atoms with van der Waals surface area (Å²) in [4.78, 5) is 24.3. The van der Waals surface area contributed by atoms with Gasteiger partial charge in [-0.25, -0.2) is 13.2 Å². The lowest BCUT2D eigenvalue weighted by Gasteiger charge is -2.19. The van der Waals surface area contributed by atoms with E-state index < -0.39 is 33.7 Å². The van der Waals surface area contributed by atoms with Gasteiger partial charge in [-0.2, -0.15) is 0 Å². The number of hydrogen-bond donors (Lipinski definition) is 1. The Morgan fingerprint density at radius 1 is 1.30 bits per heavy atom. The molecular formula is C16H21NO5S. The summed E-state index contributed by atoms with van der Waals surface area (Å²) in [6.45, 7) is 1.92. The molecule has 1 aromatic rings. The molecule has 0 spiro atoms. The van der Waals surface area contributed by atoms with Gasteiger partial charge in [-0.05, 0) is 18.9 Å². The number of carbonyl (C=O) groups excluding carboxylic acids is 2. The van der Waals surface area contributed by atoms with Gasteiger partial charge < -0.3 is 10.1 Å². The maximum Gasteiger partial charge on any atom is 0.328 e. The third kappa shape index (κ3) is 5.06. The zero-order valence-corrected chi connectivity index (χ0v) is 13.8. The highest BCUT2D eigenvalue weighted by molar-refractivity contribution is 7.91. The molecule has 1 aliphatic rings. The van der Waals surface area contributed by atoms with Crippen LogP contribution in [0.2, 0.25) is 0 Å². The summed E-state index contributed by atoms with van der Waals surface area (Å²) in [7, 11) is -3.14. The molecule has 0 unspecified atom stereocenters. The van der Waals surface area contributed by atoms with Gasteiger partial charge in [0, 0.05) is 6.42 Å². The zero-order chi connectivity index (χ0) is 16.9. The van der Waals surface area contributed by atoms with E-state index in [9.17, 15) is 18.0 Å². The first-order valence-electron chi connectivity index (χ1n) is 7.62. The topological polar surface area (TPSA) is 89.5 Å². The minimum atomic E-state index is -3.14. The lowest BCUT2D eigenvalue weighted by molar-refractivity contribution is -0.147. The lowest BCUT2D eigenvalue weighted by atomic mass is 10.0. The molecule has 6 nitrogen and oxygen atoms in total. The first kappa shape index (κ1) is 17.5. The van der Waals surface area contributed by atoms with Crippen LogP contribution >= 0.6 is 0 Å². The number of rotatable bonds is 6. The van der Waals surface area contributed by atoms with Crippen LogP contribution in [0.5, 0.6) is 0 Å². The molecule has 1 fully saturated rings. The Morgan fingerprint density at radius 2 is 2.00 bits per heavy atom. The molecule has 2 atom stereocenters. The molecule has 1 saturated heterocycles. The van der Waals surface area contributed by atoms with Crippen molar-refractivity contribution in [3.05, 3.63) is 35.9 Å². The number of esters is 1. The number of ether oxygens (including phenoxy) is 1. The van der Waals surface area contributed by atoms with Crippen molar-refractivity contribution in [3.63, 3.8) is 0 Å². The van der Waals surface area contributed by atoms with Crippen molar-refractivity contribution in [1.29, 1.82) is 0 Å². The number of carbonyl (C=O) groups is 2. The van der Waals surface area contributed by atoms with Gasteiger partial charge in [-0.3, -0.25) is 4.79 Å². The smallest absolute Gasteiger partial charge is 0.328 e. The monoisotopic (exact) mass is 339 g/mol. The predicted octanol–water partition coefficient (Wildman–Crippen LogP) is 0.712. The van der Waals surface area contributed by atoms with Crippen molar-refractivity contribution in [2.75, 3.05) is 18.1 Å². The second-order valence-electron chi connectivity index (χ2n) is 5.60. The third-order valence-corrected chi connectivity index (χ3v) is 5.54. The number of benzene rings is 1. The summed E-state index contributed by atoms with van der Waals surface area (Å²) in [5.74, 6) is -1.63. The summed E-state index contributed by atoms with van der Waals surface area (Å²) in [6.07, 6.45) is 0.611. The van der Waals surface area contributed by atoms with Gasteiger partial charge in [0.2, 0.25) is 5.91 Å². The van der Waals surface area contributed by atoms with Crippen LogP contribution < -0.4 is 5.32 Å². The average Bonchev–Trinajstić information content (AvgIpc) is 2.88. The Balaban J connectivity index is 2.05. The summed E-state index contributed by atoms with van der Waals surface area (Å²) in [5, 5.41) is 2.65. The van der Waals surface area contributed by atoms with Gasteiger partial charge in [0.05, 0.1) is 24.0 Å². The summed E-state index contributed by atoms with van der Waals surface area (Å²) < 4.78 is 28.0. The molecule has 0 aliphatic carbocycles. The quantitative estimate of drug-likeness (QED) is 0.771. The van der Waals surface area contributed by atoms with Crippen molar-refractivity contribution < 1.29 is 22.7 Å². The highest BCUT2D eigenvalue weighted by Crippen LogP contribution is 2.19. The average molecular weight is 339 g/mol. The van der Waals surface area contributed by atoms with E-state index in [-0.39, 0.29) is 18.1 Å². The van der Waals surface area contributed by atoms with E-state index in [0.717, 1.165) is 5.56 Å². The molecule has 1 aromatic carbocycles. The molecule has 7 heteroatoms. The van der Waals surface area contributed by atoms with Crippen LogP contribution in [-0.4, -0.2) is 44.4 Å². The Kier molecular flexibility index (Phi) is 5.76. The van der Waals surface area contributed by atoms with Crippen LogP contribution in [0.3, 0.4) is 0 Å². The lowest BCUT2D eigenvalue weighted by Crippen LogP contribution is -2.46. The van der Waals surface area contributed by atoms with Gasteiger partial charge in [-0.1, -0.05) is 30.3 Å². The molecule has 0 aromatic heterocycles. The molecular weight excluding hydrogens is 318 g/mol. The van der Waals surface area contributed by atoms with E-state index in [4.69, 9.17) is 4.74 Å². The Morgan fingerprint density at radius 3 is 2.57 bits per heavy atom. The fourth-order valence-corrected chi connectivity index (χ4v) is 4.32. The predicted molar refractivity (Wildman–Crippen MR) is 85.5 cm³/mol.